The van der Waals surface area contributed by atoms with Gasteiger partial charge in [-0.3, -0.25) is 0 Å². The first-order chi connectivity index (χ1) is 10.8. The molecule has 124 valence electrons. The zero-order valence-electron chi connectivity index (χ0n) is 12.3. The smallest absolute Gasteiger partial charge is 0.387 e. The minimum atomic E-state index is -3.80. The van der Waals surface area contributed by atoms with Crippen molar-refractivity contribution in [2.45, 2.75) is 30.6 Å². The average Bonchev–Trinajstić information content (AvgIpc) is 2.49. The summed E-state index contributed by atoms with van der Waals surface area (Å²) >= 11 is 0. The number of hydrogen-bond donors (Lipinski definition) is 0. The quantitative estimate of drug-likeness (QED) is 0.797. The van der Waals surface area contributed by atoms with Crippen molar-refractivity contribution in [1.82, 2.24) is 0 Å². The van der Waals surface area contributed by atoms with Gasteiger partial charge < -0.3 is 4.74 Å². The summed E-state index contributed by atoms with van der Waals surface area (Å²) in [6, 6.07) is 9.05. The zero-order chi connectivity index (χ0) is 17.0. The zero-order valence-corrected chi connectivity index (χ0v) is 13.1. The Morgan fingerprint density at radius 3 is 2.30 bits per heavy atom. The van der Waals surface area contributed by atoms with E-state index in [9.17, 15) is 21.6 Å². The highest BCUT2D eigenvalue weighted by molar-refractivity contribution is 7.90. The maximum Gasteiger partial charge on any atom is 0.387 e. The van der Waals surface area contributed by atoms with Crippen LogP contribution < -0.4 is 4.74 Å². The van der Waals surface area contributed by atoms with E-state index in [-0.39, 0.29) is 16.2 Å². The molecule has 0 aliphatic rings. The van der Waals surface area contributed by atoms with Crippen LogP contribution in [-0.2, 0) is 22.0 Å². The summed E-state index contributed by atoms with van der Waals surface area (Å²) in [5.41, 5.74) is 0.821. The summed E-state index contributed by atoms with van der Waals surface area (Å²) in [6.07, 6.45) is 0.761. The van der Waals surface area contributed by atoms with Crippen LogP contribution in [0.5, 0.6) is 5.75 Å². The lowest BCUT2D eigenvalue weighted by Gasteiger charge is -2.11. The first-order valence-electron chi connectivity index (χ1n) is 6.86. The van der Waals surface area contributed by atoms with Gasteiger partial charge in [0.15, 0.2) is 9.84 Å². The molecule has 0 saturated heterocycles. The number of benzene rings is 2. The Balaban J connectivity index is 2.34. The molecule has 0 saturated carbocycles. The number of aryl methyl sites for hydroxylation is 1. The second kappa shape index (κ2) is 7.04. The molecule has 0 amide bonds. The molecule has 7 heteroatoms. The fraction of sp³-hybridized carbons (Fsp3) is 0.250. The van der Waals surface area contributed by atoms with Crippen molar-refractivity contribution in [3.8, 4) is 5.75 Å². The maximum atomic E-state index is 13.3. The van der Waals surface area contributed by atoms with Gasteiger partial charge >= 0.3 is 6.61 Å². The monoisotopic (exact) mass is 344 g/mol. The summed E-state index contributed by atoms with van der Waals surface area (Å²) in [4.78, 5) is 0.0435. The van der Waals surface area contributed by atoms with E-state index in [0.29, 0.717) is 0 Å². The number of alkyl halides is 2. The topological polar surface area (TPSA) is 43.4 Å². The van der Waals surface area contributed by atoms with Crippen molar-refractivity contribution in [2.24, 2.45) is 0 Å². The number of hydrogen-bond acceptors (Lipinski definition) is 3. The van der Waals surface area contributed by atoms with Gasteiger partial charge in [-0.25, -0.2) is 12.8 Å². The number of rotatable bonds is 6. The normalized spacial score (nSPS) is 11.7. The van der Waals surface area contributed by atoms with E-state index < -0.39 is 28.0 Å². The molecule has 0 aromatic heterocycles. The Morgan fingerprint density at radius 1 is 1.09 bits per heavy atom. The predicted molar refractivity (Wildman–Crippen MR) is 79.7 cm³/mol. The van der Waals surface area contributed by atoms with E-state index >= 15 is 0 Å². The molecule has 3 nitrogen and oxygen atoms in total. The Kier molecular flexibility index (Phi) is 5.30. The van der Waals surface area contributed by atoms with Gasteiger partial charge in [0.1, 0.15) is 11.6 Å². The first kappa shape index (κ1) is 17.3. The van der Waals surface area contributed by atoms with Crippen LogP contribution in [0.15, 0.2) is 47.4 Å². The number of ether oxygens (including phenoxy) is 1. The second-order valence-electron chi connectivity index (χ2n) is 4.89. The van der Waals surface area contributed by atoms with Crippen molar-refractivity contribution >= 4 is 9.84 Å². The molecule has 0 aliphatic carbocycles. The molecule has 0 atom stereocenters. The third-order valence-corrected chi connectivity index (χ3v) is 4.96. The van der Waals surface area contributed by atoms with Gasteiger partial charge in [-0.05, 0) is 42.3 Å². The van der Waals surface area contributed by atoms with Gasteiger partial charge in [0.2, 0.25) is 0 Å². The van der Waals surface area contributed by atoms with E-state index in [4.69, 9.17) is 0 Å². The molecule has 0 bridgehead atoms. The molecule has 0 aliphatic heterocycles. The fourth-order valence-electron chi connectivity index (χ4n) is 2.09. The Bertz CT molecular complexity index is 772. The van der Waals surface area contributed by atoms with Crippen LogP contribution in [-0.4, -0.2) is 15.0 Å². The van der Waals surface area contributed by atoms with Crippen LogP contribution in [0.2, 0.25) is 0 Å². The first-order valence-corrected chi connectivity index (χ1v) is 8.52. The third kappa shape index (κ3) is 4.48. The lowest BCUT2D eigenvalue weighted by atomic mass is 10.2. The molecule has 2 rings (SSSR count). The standard InChI is InChI=1S/C16H15F3O3S/c1-2-11-3-6-14(7-4-11)23(20,21)10-12-9-13(17)5-8-15(12)22-16(18)19/h3-9,16H,2,10H2,1H3. The Morgan fingerprint density at radius 2 is 1.74 bits per heavy atom. The predicted octanol–water partition coefficient (Wildman–Crippen LogP) is 3.96. The molecule has 0 spiro atoms. The molecular weight excluding hydrogens is 329 g/mol. The van der Waals surface area contributed by atoms with Gasteiger partial charge in [0.25, 0.3) is 0 Å². The lowest BCUT2D eigenvalue weighted by molar-refractivity contribution is -0.0503. The fourth-order valence-corrected chi connectivity index (χ4v) is 3.44. The summed E-state index contributed by atoms with van der Waals surface area (Å²) < 4.78 is 67.1. The largest absolute Gasteiger partial charge is 0.435 e. The lowest BCUT2D eigenvalue weighted by Crippen LogP contribution is -2.09. The van der Waals surface area contributed by atoms with E-state index in [0.717, 1.165) is 30.2 Å². The molecule has 0 N–H and O–H groups in total. The number of halogens is 3. The van der Waals surface area contributed by atoms with Crippen molar-refractivity contribution < 1.29 is 26.3 Å². The summed E-state index contributed by atoms with van der Waals surface area (Å²) in [7, 11) is -3.80. The van der Waals surface area contributed by atoms with Gasteiger partial charge in [-0.1, -0.05) is 19.1 Å². The summed E-state index contributed by atoms with van der Waals surface area (Å²) in [5, 5.41) is 0. The van der Waals surface area contributed by atoms with E-state index in [2.05, 4.69) is 4.74 Å². The molecule has 0 fully saturated rings. The van der Waals surface area contributed by atoms with Gasteiger partial charge in [0, 0.05) is 5.56 Å². The number of sulfone groups is 1. The minimum Gasteiger partial charge on any atom is -0.435 e. The van der Waals surface area contributed by atoms with E-state index in [1.807, 2.05) is 6.92 Å². The average molecular weight is 344 g/mol. The molecule has 0 radical (unpaired) electrons. The molecular formula is C16H15F3O3S. The molecule has 2 aromatic rings. The minimum absolute atomic E-state index is 0.0435. The molecule has 0 unspecified atom stereocenters. The highest BCUT2D eigenvalue weighted by atomic mass is 32.2. The molecule has 2 aromatic carbocycles. The van der Waals surface area contributed by atoms with Crippen LogP contribution >= 0.6 is 0 Å². The van der Waals surface area contributed by atoms with Crippen molar-refractivity contribution in [2.75, 3.05) is 0 Å². The van der Waals surface area contributed by atoms with Crippen molar-refractivity contribution in [3.63, 3.8) is 0 Å². The Hall–Kier alpha value is -2.02. The van der Waals surface area contributed by atoms with Crippen LogP contribution in [0.3, 0.4) is 0 Å². The van der Waals surface area contributed by atoms with E-state index in [1.54, 1.807) is 12.1 Å². The van der Waals surface area contributed by atoms with Gasteiger partial charge in [-0.2, -0.15) is 8.78 Å². The maximum absolute atomic E-state index is 13.3. The van der Waals surface area contributed by atoms with E-state index in [1.165, 1.54) is 12.1 Å². The van der Waals surface area contributed by atoms with Crippen LogP contribution in [0, 0.1) is 5.82 Å². The second-order valence-corrected chi connectivity index (χ2v) is 6.88. The van der Waals surface area contributed by atoms with Crippen molar-refractivity contribution in [1.29, 1.82) is 0 Å². The van der Waals surface area contributed by atoms with Crippen LogP contribution in [0.4, 0.5) is 13.2 Å². The van der Waals surface area contributed by atoms with Crippen molar-refractivity contribution in [3.05, 3.63) is 59.4 Å². The molecule has 23 heavy (non-hydrogen) atoms. The molecule has 0 heterocycles. The van der Waals surface area contributed by atoms with Gasteiger partial charge in [0.05, 0.1) is 10.6 Å². The highest BCUT2D eigenvalue weighted by Gasteiger charge is 2.20. The summed E-state index contributed by atoms with van der Waals surface area (Å²) in [6.45, 7) is -1.18. The SMILES string of the molecule is CCc1ccc(S(=O)(=O)Cc2cc(F)ccc2OC(F)F)cc1. The third-order valence-electron chi connectivity index (χ3n) is 3.27. The highest BCUT2D eigenvalue weighted by Crippen LogP contribution is 2.26. The van der Waals surface area contributed by atoms with Crippen LogP contribution in [0.1, 0.15) is 18.1 Å². The van der Waals surface area contributed by atoms with Crippen LogP contribution in [0.25, 0.3) is 0 Å². The Labute approximate surface area is 132 Å². The van der Waals surface area contributed by atoms with Gasteiger partial charge in [-0.15, -0.1) is 0 Å². The summed E-state index contributed by atoms with van der Waals surface area (Å²) in [5.74, 6) is -1.70.